The summed E-state index contributed by atoms with van der Waals surface area (Å²) in [6, 6.07) is 13.2. The van der Waals surface area contributed by atoms with Gasteiger partial charge in [0, 0.05) is 53.5 Å². The summed E-state index contributed by atoms with van der Waals surface area (Å²) >= 11 is 0. The summed E-state index contributed by atoms with van der Waals surface area (Å²) in [6.07, 6.45) is 3.37. The third kappa shape index (κ3) is 6.33. The molecule has 5 rings (SSSR count). The van der Waals surface area contributed by atoms with E-state index in [-0.39, 0.29) is 34.9 Å². The Kier molecular flexibility index (Phi) is 8.79. The number of nitrogens with one attached hydrogen (secondary N) is 1. The lowest BCUT2D eigenvalue weighted by Gasteiger charge is -2.49. The van der Waals surface area contributed by atoms with Gasteiger partial charge in [-0.15, -0.1) is 0 Å². The number of hydrogen-bond acceptors (Lipinski definition) is 6. The smallest absolute Gasteiger partial charge is 0.262 e. The van der Waals surface area contributed by atoms with Crippen LogP contribution in [-0.2, 0) is 14.4 Å². The van der Waals surface area contributed by atoms with E-state index < -0.39 is 5.92 Å². The highest BCUT2D eigenvalue weighted by Crippen LogP contribution is 2.55. The van der Waals surface area contributed by atoms with Crippen molar-refractivity contribution in [1.29, 1.82) is 0 Å². The van der Waals surface area contributed by atoms with E-state index in [2.05, 4.69) is 44.8 Å². The maximum atomic E-state index is 14.0. The number of allylic oxidation sites excluding steroid dienone is 4. The molecule has 2 aromatic carbocycles. The fourth-order valence-electron chi connectivity index (χ4n) is 7.01. The molecular weight excluding hydrogens is 552 g/mol. The first kappa shape index (κ1) is 31.6. The zero-order chi connectivity index (χ0) is 31.8. The van der Waals surface area contributed by atoms with Gasteiger partial charge in [-0.3, -0.25) is 14.4 Å². The van der Waals surface area contributed by atoms with Crippen LogP contribution in [0.3, 0.4) is 0 Å². The first-order valence-corrected chi connectivity index (χ1v) is 15.9. The topological polar surface area (TPSA) is 84.9 Å². The van der Waals surface area contributed by atoms with Crippen molar-refractivity contribution in [2.75, 3.05) is 25.1 Å². The second-order valence-electron chi connectivity index (χ2n) is 14.0. The number of ketones is 2. The summed E-state index contributed by atoms with van der Waals surface area (Å²) in [7, 11) is 0. The zero-order valence-electron chi connectivity index (χ0n) is 27.3. The van der Waals surface area contributed by atoms with Crippen LogP contribution in [0.25, 0.3) is 0 Å². The molecule has 7 heteroatoms. The summed E-state index contributed by atoms with van der Waals surface area (Å²) in [5, 5.41) is 2.90. The molecule has 2 aromatic rings. The average Bonchev–Trinajstić information content (AvgIpc) is 2.93. The molecule has 0 unspecified atom stereocenters. The monoisotopic (exact) mass is 598 g/mol. The predicted molar refractivity (Wildman–Crippen MR) is 173 cm³/mol. The molecule has 234 valence electrons. The van der Waals surface area contributed by atoms with E-state index in [0.29, 0.717) is 30.9 Å². The largest absolute Gasteiger partial charge is 0.490 e. The highest BCUT2D eigenvalue weighted by Gasteiger charge is 2.48. The van der Waals surface area contributed by atoms with Gasteiger partial charge in [0.2, 0.25) is 0 Å². The number of nitrogens with zero attached hydrogens (tertiary/aromatic N) is 1. The van der Waals surface area contributed by atoms with E-state index in [1.165, 1.54) is 0 Å². The molecule has 1 aliphatic heterocycles. The standard InChI is InChI=1S/C37H46N2O5/c1-8-16-39-26-18-36(4,5)20-28(40)34(26)33(35-27(39)19-37(6,7)21-29(35)41)24-14-15-30(31(17-24)43-9-2)44-22-32(42)38-25-13-11-10-12-23(25)3/h10-15,17,33H,8-9,16,18-22H2,1-7H3,(H,38,42). The van der Waals surface area contributed by atoms with Gasteiger partial charge in [-0.25, -0.2) is 0 Å². The van der Waals surface area contributed by atoms with Gasteiger partial charge in [-0.1, -0.05) is 58.9 Å². The SMILES string of the molecule is CCCN1C2=C(C(=O)CC(C)(C)C2)C(c2ccc(OCC(=O)Nc3ccccc3C)c(OCC)c2)C2=C1CC(C)(C)CC2=O. The molecule has 0 spiro atoms. The molecule has 1 heterocycles. The molecule has 0 saturated heterocycles. The van der Waals surface area contributed by atoms with Gasteiger partial charge in [0.05, 0.1) is 6.61 Å². The Morgan fingerprint density at radius 2 is 1.48 bits per heavy atom. The van der Waals surface area contributed by atoms with Gasteiger partial charge in [0.25, 0.3) is 5.91 Å². The van der Waals surface area contributed by atoms with Gasteiger partial charge in [-0.2, -0.15) is 0 Å². The van der Waals surface area contributed by atoms with E-state index in [0.717, 1.165) is 65.2 Å². The summed E-state index contributed by atoms with van der Waals surface area (Å²) in [4.78, 5) is 43.0. The van der Waals surface area contributed by atoms with Gasteiger partial charge in [-0.05, 0) is 73.3 Å². The molecule has 2 aliphatic carbocycles. The van der Waals surface area contributed by atoms with Crippen molar-refractivity contribution < 1.29 is 23.9 Å². The number of carbonyl (C=O) groups is 3. The number of rotatable bonds is 9. The average molecular weight is 599 g/mol. The van der Waals surface area contributed by atoms with Crippen LogP contribution in [-0.4, -0.2) is 42.1 Å². The van der Waals surface area contributed by atoms with E-state index in [4.69, 9.17) is 9.47 Å². The first-order chi connectivity index (χ1) is 20.8. The number of ether oxygens (including phenoxy) is 2. The van der Waals surface area contributed by atoms with Crippen molar-refractivity contribution in [2.45, 2.75) is 86.5 Å². The number of anilines is 1. The fraction of sp³-hybridized carbons (Fsp3) is 0.486. The number of Topliss-reactive ketones (excluding diaryl/α,β-unsaturated/α-hetero) is 2. The third-order valence-electron chi connectivity index (χ3n) is 8.85. The van der Waals surface area contributed by atoms with Crippen molar-refractivity contribution in [2.24, 2.45) is 10.8 Å². The second-order valence-corrected chi connectivity index (χ2v) is 14.0. The zero-order valence-corrected chi connectivity index (χ0v) is 27.3. The Balaban J connectivity index is 1.54. The lowest BCUT2D eigenvalue weighted by atomic mass is 9.63. The van der Waals surface area contributed by atoms with Gasteiger partial charge in [0.1, 0.15) is 0 Å². The minimum absolute atomic E-state index is 0.109. The van der Waals surface area contributed by atoms with Gasteiger partial charge >= 0.3 is 0 Å². The molecule has 7 nitrogen and oxygen atoms in total. The van der Waals surface area contributed by atoms with Crippen LogP contribution in [0.1, 0.15) is 90.7 Å². The normalized spacial score (nSPS) is 19.5. The van der Waals surface area contributed by atoms with Crippen LogP contribution in [0.15, 0.2) is 65.0 Å². The lowest BCUT2D eigenvalue weighted by molar-refractivity contribution is -0.120. The molecule has 1 N–H and O–H groups in total. The Bertz CT molecular complexity index is 1490. The van der Waals surface area contributed by atoms with E-state index in [1.807, 2.05) is 50.2 Å². The number of hydrogen-bond donors (Lipinski definition) is 1. The Morgan fingerprint density at radius 3 is 2.05 bits per heavy atom. The molecule has 0 atom stereocenters. The Hall–Kier alpha value is -3.87. The molecule has 44 heavy (non-hydrogen) atoms. The highest BCUT2D eigenvalue weighted by molar-refractivity contribution is 6.07. The Labute approximate surface area is 261 Å². The predicted octanol–water partition coefficient (Wildman–Crippen LogP) is 7.51. The van der Waals surface area contributed by atoms with Crippen LogP contribution in [0.5, 0.6) is 11.5 Å². The molecule has 0 bridgehead atoms. The Morgan fingerprint density at radius 1 is 0.864 bits per heavy atom. The third-order valence-corrected chi connectivity index (χ3v) is 8.85. The molecule has 0 aromatic heterocycles. The van der Waals surface area contributed by atoms with Crippen LogP contribution in [0, 0.1) is 17.8 Å². The molecule has 0 fully saturated rings. The van der Waals surface area contributed by atoms with E-state index in [9.17, 15) is 14.4 Å². The van der Waals surface area contributed by atoms with Gasteiger partial charge < -0.3 is 19.7 Å². The summed E-state index contributed by atoms with van der Waals surface area (Å²) in [5.74, 6) is 0.411. The molecule has 0 radical (unpaired) electrons. The maximum absolute atomic E-state index is 14.0. The minimum Gasteiger partial charge on any atom is -0.490 e. The van der Waals surface area contributed by atoms with Crippen molar-refractivity contribution in [3.8, 4) is 11.5 Å². The second kappa shape index (κ2) is 12.3. The van der Waals surface area contributed by atoms with Crippen molar-refractivity contribution >= 4 is 23.2 Å². The number of amides is 1. The molecule has 0 saturated carbocycles. The summed E-state index contributed by atoms with van der Waals surface area (Å²) in [6.45, 7) is 15.6. The fourth-order valence-corrected chi connectivity index (χ4v) is 7.01. The van der Waals surface area contributed by atoms with Crippen LogP contribution in [0.4, 0.5) is 5.69 Å². The molecule has 3 aliphatic rings. The highest BCUT2D eigenvalue weighted by atomic mass is 16.5. The number of aryl methyl sites for hydroxylation is 1. The van der Waals surface area contributed by atoms with Crippen LogP contribution < -0.4 is 14.8 Å². The van der Waals surface area contributed by atoms with Crippen molar-refractivity contribution in [1.82, 2.24) is 4.90 Å². The number of para-hydroxylation sites is 1. The first-order valence-electron chi connectivity index (χ1n) is 15.9. The maximum Gasteiger partial charge on any atom is 0.262 e. The molecule has 1 amide bonds. The van der Waals surface area contributed by atoms with Crippen molar-refractivity contribution in [3.63, 3.8) is 0 Å². The summed E-state index contributed by atoms with van der Waals surface area (Å²) < 4.78 is 12.0. The lowest BCUT2D eigenvalue weighted by Crippen LogP contribution is -2.44. The van der Waals surface area contributed by atoms with Crippen molar-refractivity contribution in [3.05, 3.63) is 76.1 Å². The van der Waals surface area contributed by atoms with Gasteiger partial charge in [0.15, 0.2) is 29.7 Å². The minimum atomic E-state index is -0.460. The summed E-state index contributed by atoms with van der Waals surface area (Å²) in [5.41, 5.74) is 5.84. The van der Waals surface area contributed by atoms with Crippen LogP contribution in [0.2, 0.25) is 0 Å². The molecular formula is C37H46N2O5. The quantitative estimate of drug-likeness (QED) is 0.322. The number of benzene rings is 2. The van der Waals surface area contributed by atoms with Crippen LogP contribution >= 0.6 is 0 Å². The van der Waals surface area contributed by atoms with E-state index >= 15 is 0 Å². The van der Waals surface area contributed by atoms with E-state index in [1.54, 1.807) is 6.07 Å². The number of carbonyl (C=O) groups excluding carboxylic acids is 3.